The van der Waals surface area contributed by atoms with Crippen molar-refractivity contribution in [2.24, 2.45) is 0 Å². The molecule has 3 heteroatoms. The number of rotatable bonds is 3. The molecule has 0 radical (unpaired) electrons. The van der Waals surface area contributed by atoms with E-state index >= 15 is 0 Å². The number of aromatic nitrogens is 2. The second kappa shape index (κ2) is 8.17. The van der Waals surface area contributed by atoms with E-state index in [1.165, 1.54) is 27.5 Å². The molecule has 4 aromatic carbocycles. The van der Waals surface area contributed by atoms with Gasteiger partial charge in [0.1, 0.15) is 5.52 Å². The average molecular weight is 463 g/mol. The van der Waals surface area contributed by atoms with Gasteiger partial charge in [0.2, 0.25) is 0 Å². The smallest absolute Gasteiger partial charge is 0.160 e. The van der Waals surface area contributed by atoms with Crippen LogP contribution in [-0.4, -0.2) is 9.97 Å². The summed E-state index contributed by atoms with van der Waals surface area (Å²) >= 11 is 0. The molecule has 0 bridgehead atoms. The predicted molar refractivity (Wildman–Crippen MR) is 148 cm³/mol. The van der Waals surface area contributed by atoms with Gasteiger partial charge in [-0.1, -0.05) is 72.8 Å². The Hall–Kier alpha value is -4.76. The van der Waals surface area contributed by atoms with Crippen LogP contribution in [0.1, 0.15) is 5.69 Å². The van der Waals surface area contributed by atoms with Crippen molar-refractivity contribution in [3.05, 3.63) is 121 Å². The van der Waals surface area contributed by atoms with Crippen molar-refractivity contribution >= 4 is 32.6 Å². The van der Waals surface area contributed by atoms with Crippen LogP contribution in [0, 0.1) is 6.92 Å². The van der Waals surface area contributed by atoms with Gasteiger partial charge in [-0.3, -0.25) is 4.98 Å². The highest BCUT2D eigenvalue weighted by Gasteiger charge is 2.14. The predicted octanol–water partition coefficient (Wildman–Crippen LogP) is 8.84. The van der Waals surface area contributed by atoms with Gasteiger partial charge in [0.25, 0.3) is 0 Å². The van der Waals surface area contributed by atoms with Crippen LogP contribution in [0.4, 0.5) is 0 Å². The van der Waals surface area contributed by atoms with Crippen LogP contribution in [0.15, 0.2) is 120 Å². The second-order valence-electron chi connectivity index (χ2n) is 9.15. The maximum absolute atomic E-state index is 5.75. The van der Waals surface area contributed by atoms with Gasteiger partial charge >= 0.3 is 0 Å². The molecule has 0 atom stereocenters. The van der Waals surface area contributed by atoms with Crippen LogP contribution in [0.25, 0.3) is 66.2 Å². The Morgan fingerprint density at radius 1 is 0.611 bits per heavy atom. The number of hydrogen-bond donors (Lipinski definition) is 0. The van der Waals surface area contributed by atoms with E-state index in [0.29, 0.717) is 0 Å². The number of hydrogen-bond acceptors (Lipinski definition) is 3. The molecule has 0 aliphatic carbocycles. The Labute approximate surface area is 208 Å². The Balaban J connectivity index is 1.32. The van der Waals surface area contributed by atoms with E-state index in [0.717, 1.165) is 44.4 Å². The van der Waals surface area contributed by atoms with Crippen molar-refractivity contribution in [1.29, 1.82) is 0 Å². The van der Waals surface area contributed by atoms with Crippen molar-refractivity contribution in [3.63, 3.8) is 0 Å². The third-order valence-electron chi connectivity index (χ3n) is 6.87. The minimum absolute atomic E-state index is 0.819. The molecule has 36 heavy (non-hydrogen) atoms. The van der Waals surface area contributed by atoms with Crippen molar-refractivity contribution in [2.75, 3.05) is 0 Å². The second-order valence-corrected chi connectivity index (χ2v) is 9.15. The van der Waals surface area contributed by atoms with Crippen LogP contribution in [0.3, 0.4) is 0 Å². The number of furan rings is 1. The van der Waals surface area contributed by atoms with E-state index in [2.05, 4.69) is 84.9 Å². The minimum atomic E-state index is 0.819. The summed E-state index contributed by atoms with van der Waals surface area (Å²) in [7, 11) is 0. The molecule has 170 valence electrons. The quantitative estimate of drug-likeness (QED) is 0.263. The molecule has 0 saturated carbocycles. The standard InChI is InChI=1S/C33H22N2O/c1-21-10-13-29-30(19-25-16-17-36-33(25)32(29)35-21)31-15-12-26(20-34-31)27-9-5-8-24-18-23(11-14-28(24)27)22-6-3-2-4-7-22/h2-20H,1H3. The zero-order valence-electron chi connectivity index (χ0n) is 19.8. The Kier molecular flexibility index (Phi) is 4.68. The summed E-state index contributed by atoms with van der Waals surface area (Å²) in [5.74, 6) is 0. The summed E-state index contributed by atoms with van der Waals surface area (Å²) in [5, 5.41) is 4.51. The highest BCUT2D eigenvalue weighted by atomic mass is 16.3. The van der Waals surface area contributed by atoms with Crippen LogP contribution in [0.2, 0.25) is 0 Å². The van der Waals surface area contributed by atoms with Gasteiger partial charge in [-0.05, 0) is 64.7 Å². The van der Waals surface area contributed by atoms with Crippen molar-refractivity contribution in [3.8, 4) is 33.5 Å². The molecule has 0 fully saturated rings. The van der Waals surface area contributed by atoms with Crippen LogP contribution in [-0.2, 0) is 0 Å². The van der Waals surface area contributed by atoms with Gasteiger partial charge in [0.05, 0.1) is 12.0 Å². The Morgan fingerprint density at radius 2 is 1.47 bits per heavy atom. The van der Waals surface area contributed by atoms with E-state index in [1.807, 2.05) is 31.3 Å². The molecule has 7 rings (SSSR count). The zero-order valence-corrected chi connectivity index (χ0v) is 19.8. The first-order chi connectivity index (χ1) is 17.7. The lowest BCUT2D eigenvalue weighted by molar-refractivity contribution is 0.618. The fraction of sp³-hybridized carbons (Fsp3) is 0.0303. The molecule has 3 aromatic heterocycles. The van der Waals surface area contributed by atoms with Gasteiger partial charge in [-0.15, -0.1) is 0 Å². The Morgan fingerprint density at radius 3 is 2.33 bits per heavy atom. The average Bonchev–Trinajstić information content (AvgIpc) is 3.42. The fourth-order valence-electron chi connectivity index (χ4n) is 5.08. The summed E-state index contributed by atoms with van der Waals surface area (Å²) in [6.45, 7) is 2.00. The normalized spacial score (nSPS) is 11.5. The van der Waals surface area contributed by atoms with E-state index in [-0.39, 0.29) is 0 Å². The lowest BCUT2D eigenvalue weighted by Gasteiger charge is -2.11. The zero-order chi connectivity index (χ0) is 24.1. The molecule has 0 spiro atoms. The van der Waals surface area contributed by atoms with E-state index in [1.54, 1.807) is 6.26 Å². The molecule has 0 N–H and O–H groups in total. The third kappa shape index (κ3) is 3.37. The maximum atomic E-state index is 5.75. The molecule has 0 saturated heterocycles. The van der Waals surface area contributed by atoms with Crippen LogP contribution >= 0.6 is 0 Å². The number of aryl methyl sites for hydroxylation is 1. The third-order valence-corrected chi connectivity index (χ3v) is 6.87. The first-order valence-corrected chi connectivity index (χ1v) is 12.1. The van der Waals surface area contributed by atoms with Crippen molar-refractivity contribution in [2.45, 2.75) is 6.92 Å². The minimum Gasteiger partial charge on any atom is -0.462 e. The molecule has 0 aliphatic rings. The summed E-state index contributed by atoms with van der Waals surface area (Å²) in [6.07, 6.45) is 3.69. The van der Waals surface area contributed by atoms with Crippen LogP contribution < -0.4 is 0 Å². The topological polar surface area (TPSA) is 38.9 Å². The summed E-state index contributed by atoms with van der Waals surface area (Å²) in [4.78, 5) is 9.67. The maximum Gasteiger partial charge on any atom is 0.160 e. The SMILES string of the molecule is Cc1ccc2c(-c3ccc(-c4cccc5cc(-c6ccccc6)ccc45)cn3)cc3ccoc3c2n1. The molecule has 3 heterocycles. The molecule has 3 nitrogen and oxygen atoms in total. The number of benzene rings is 4. The first kappa shape index (κ1) is 20.6. The van der Waals surface area contributed by atoms with Gasteiger partial charge < -0.3 is 4.42 Å². The number of fused-ring (bicyclic) bond motifs is 4. The summed E-state index contributed by atoms with van der Waals surface area (Å²) in [5.41, 5.74) is 9.36. The molecular weight excluding hydrogens is 440 g/mol. The highest BCUT2D eigenvalue weighted by molar-refractivity contribution is 6.09. The van der Waals surface area contributed by atoms with E-state index in [9.17, 15) is 0 Å². The van der Waals surface area contributed by atoms with Gasteiger partial charge in [-0.2, -0.15) is 0 Å². The lowest BCUT2D eigenvalue weighted by Crippen LogP contribution is -1.91. The summed E-state index contributed by atoms with van der Waals surface area (Å²) < 4.78 is 5.75. The highest BCUT2D eigenvalue weighted by Crippen LogP contribution is 2.36. The van der Waals surface area contributed by atoms with E-state index < -0.39 is 0 Å². The van der Waals surface area contributed by atoms with Crippen molar-refractivity contribution in [1.82, 2.24) is 9.97 Å². The molecule has 0 amide bonds. The summed E-state index contributed by atoms with van der Waals surface area (Å²) in [6, 6.07) is 36.2. The van der Waals surface area contributed by atoms with Gasteiger partial charge in [-0.25, -0.2) is 4.98 Å². The number of nitrogens with zero attached hydrogens (tertiary/aromatic N) is 2. The molecule has 7 aromatic rings. The van der Waals surface area contributed by atoms with Crippen LogP contribution in [0.5, 0.6) is 0 Å². The molecule has 0 aliphatic heterocycles. The number of pyridine rings is 2. The Bertz CT molecular complexity index is 1880. The largest absolute Gasteiger partial charge is 0.462 e. The lowest BCUT2D eigenvalue weighted by atomic mass is 9.95. The van der Waals surface area contributed by atoms with E-state index in [4.69, 9.17) is 14.4 Å². The first-order valence-electron chi connectivity index (χ1n) is 12.1. The monoisotopic (exact) mass is 462 g/mol. The van der Waals surface area contributed by atoms with Gasteiger partial charge in [0.15, 0.2) is 5.58 Å². The van der Waals surface area contributed by atoms with Gasteiger partial charge in [0, 0.05) is 33.8 Å². The fourth-order valence-corrected chi connectivity index (χ4v) is 5.08. The van der Waals surface area contributed by atoms with Crippen molar-refractivity contribution < 1.29 is 4.42 Å². The molecule has 0 unspecified atom stereocenters. The molecular formula is C33H22N2O.